The fourth-order valence-electron chi connectivity index (χ4n) is 4.84. The van der Waals surface area contributed by atoms with Crippen molar-refractivity contribution >= 4 is 11.8 Å². The predicted molar refractivity (Wildman–Crippen MR) is 86.9 cm³/mol. The Morgan fingerprint density at radius 2 is 1.54 bits per heavy atom. The number of nitrogens with zero attached hydrogens (tertiary/aromatic N) is 1. The summed E-state index contributed by atoms with van der Waals surface area (Å²) in [6.07, 6.45) is -3.09. The summed E-state index contributed by atoms with van der Waals surface area (Å²) in [4.78, 5) is 26.7. The van der Waals surface area contributed by atoms with Crippen LogP contribution in [0.15, 0.2) is 42.5 Å². The zero-order valence-corrected chi connectivity index (χ0v) is 13.6. The van der Waals surface area contributed by atoms with Gasteiger partial charge in [0, 0.05) is 12.0 Å². The third-order valence-corrected chi connectivity index (χ3v) is 5.94. The van der Waals surface area contributed by atoms with Crippen LogP contribution in [0.1, 0.15) is 62.1 Å². The van der Waals surface area contributed by atoms with Crippen LogP contribution in [0, 0.1) is 0 Å². The second-order valence-electron chi connectivity index (χ2n) is 7.21. The van der Waals surface area contributed by atoms with Crippen LogP contribution >= 0.6 is 0 Å². The van der Waals surface area contributed by atoms with Crippen molar-refractivity contribution in [1.29, 1.82) is 0 Å². The minimum atomic E-state index is -4.40. The summed E-state index contributed by atoms with van der Waals surface area (Å²) in [6.45, 7) is 0. The second kappa shape index (κ2) is 4.96. The topological polar surface area (TPSA) is 37.4 Å². The molecule has 2 aromatic rings. The molecule has 0 radical (unpaired) electrons. The van der Waals surface area contributed by atoms with Crippen LogP contribution in [0.2, 0.25) is 0 Å². The van der Waals surface area contributed by atoms with Crippen molar-refractivity contribution in [3.8, 4) is 0 Å². The van der Waals surface area contributed by atoms with Crippen molar-refractivity contribution in [2.75, 3.05) is 0 Å². The summed E-state index contributed by atoms with van der Waals surface area (Å²) in [5.41, 5.74) is 1.65. The van der Waals surface area contributed by atoms with Crippen LogP contribution in [-0.2, 0) is 6.18 Å². The molecule has 2 amide bonds. The Bertz CT molecular complexity index is 931. The van der Waals surface area contributed by atoms with Crippen LogP contribution < -0.4 is 0 Å². The molecule has 3 aliphatic rings. The maximum atomic E-state index is 13.1. The van der Waals surface area contributed by atoms with E-state index in [0.29, 0.717) is 29.5 Å². The lowest BCUT2D eigenvalue weighted by atomic mass is 9.86. The zero-order chi connectivity index (χ0) is 18.2. The largest absolute Gasteiger partial charge is 0.416 e. The molecule has 0 spiro atoms. The van der Waals surface area contributed by atoms with Gasteiger partial charge in [0.2, 0.25) is 0 Å². The lowest BCUT2D eigenvalue weighted by Gasteiger charge is -2.31. The van der Waals surface area contributed by atoms with Crippen LogP contribution in [0.5, 0.6) is 0 Å². The number of benzene rings is 2. The molecule has 0 N–H and O–H groups in total. The molecule has 1 fully saturated rings. The lowest BCUT2D eigenvalue weighted by Crippen LogP contribution is -2.42. The minimum Gasteiger partial charge on any atom is -0.271 e. The SMILES string of the molecule is O=C1c2ccccc2C(=O)N1[C@H]1C[C@@H]2C[C@H]1c1cc(C(F)(F)F)ccc12. The van der Waals surface area contributed by atoms with E-state index in [1.165, 1.54) is 11.0 Å². The van der Waals surface area contributed by atoms with Gasteiger partial charge in [-0.3, -0.25) is 14.5 Å². The van der Waals surface area contributed by atoms with Crippen LogP contribution in [0.4, 0.5) is 13.2 Å². The molecule has 3 atom stereocenters. The molecule has 2 aromatic carbocycles. The molecule has 0 saturated heterocycles. The van der Waals surface area contributed by atoms with Gasteiger partial charge < -0.3 is 0 Å². The van der Waals surface area contributed by atoms with Crippen molar-refractivity contribution in [3.05, 3.63) is 70.3 Å². The van der Waals surface area contributed by atoms with E-state index in [0.717, 1.165) is 11.6 Å². The number of hydrogen-bond donors (Lipinski definition) is 0. The minimum absolute atomic E-state index is 0.103. The Kier molecular flexibility index (Phi) is 2.98. The lowest BCUT2D eigenvalue weighted by molar-refractivity contribution is -0.137. The molecule has 1 aliphatic heterocycles. The van der Waals surface area contributed by atoms with E-state index in [1.807, 2.05) is 0 Å². The Morgan fingerprint density at radius 3 is 2.15 bits per heavy atom. The quantitative estimate of drug-likeness (QED) is 0.712. The first-order valence-electron chi connectivity index (χ1n) is 8.54. The van der Waals surface area contributed by atoms with E-state index in [4.69, 9.17) is 0 Å². The molecule has 1 saturated carbocycles. The standard InChI is InChI=1S/C20H14F3NO2/c21-20(22,23)11-5-6-12-10-7-16(15(12)9-11)17(8-10)24-18(25)13-3-1-2-4-14(13)19(24)26/h1-6,9-10,16-17H,7-8H2/t10-,16-,17-/m0/s1. The summed E-state index contributed by atoms with van der Waals surface area (Å²) in [5.74, 6) is -0.792. The summed E-state index contributed by atoms with van der Waals surface area (Å²) < 4.78 is 39.2. The van der Waals surface area contributed by atoms with Crippen LogP contribution in [0.25, 0.3) is 0 Å². The van der Waals surface area contributed by atoms with Gasteiger partial charge in [0.05, 0.1) is 16.7 Å². The first kappa shape index (κ1) is 15.6. The molecule has 1 heterocycles. The molecule has 0 aromatic heterocycles. The highest BCUT2D eigenvalue weighted by atomic mass is 19.4. The summed E-state index contributed by atoms with van der Waals surface area (Å²) in [5, 5.41) is 0. The van der Waals surface area contributed by atoms with Gasteiger partial charge >= 0.3 is 6.18 Å². The number of carbonyl (C=O) groups excluding carboxylic acids is 2. The maximum absolute atomic E-state index is 13.1. The highest BCUT2D eigenvalue weighted by Crippen LogP contribution is 2.56. The first-order valence-corrected chi connectivity index (χ1v) is 8.54. The predicted octanol–water partition coefficient (Wildman–Crippen LogP) is 4.34. The van der Waals surface area contributed by atoms with Gasteiger partial charge in [-0.1, -0.05) is 18.2 Å². The maximum Gasteiger partial charge on any atom is 0.416 e. The number of amides is 2. The first-order chi connectivity index (χ1) is 12.4. The van der Waals surface area contributed by atoms with Crippen molar-refractivity contribution in [2.24, 2.45) is 0 Å². The van der Waals surface area contributed by atoms with E-state index in [2.05, 4.69) is 0 Å². The highest BCUT2D eigenvalue weighted by Gasteiger charge is 2.52. The smallest absolute Gasteiger partial charge is 0.271 e. The number of hydrogen-bond acceptors (Lipinski definition) is 2. The van der Waals surface area contributed by atoms with Crippen molar-refractivity contribution in [1.82, 2.24) is 4.90 Å². The van der Waals surface area contributed by atoms with Crippen LogP contribution in [0.3, 0.4) is 0 Å². The molecule has 0 unspecified atom stereocenters. The van der Waals surface area contributed by atoms with Gasteiger partial charge in [0.1, 0.15) is 0 Å². The molecular formula is C20H14F3NO2. The van der Waals surface area contributed by atoms with Crippen molar-refractivity contribution in [3.63, 3.8) is 0 Å². The van der Waals surface area contributed by atoms with Gasteiger partial charge in [-0.15, -0.1) is 0 Å². The molecule has 132 valence electrons. The molecule has 2 aliphatic carbocycles. The monoisotopic (exact) mass is 357 g/mol. The average Bonchev–Trinajstić information content (AvgIpc) is 3.26. The molecule has 6 heteroatoms. The number of fused-ring (bicyclic) bond motifs is 6. The summed E-state index contributed by atoms with van der Waals surface area (Å²) >= 11 is 0. The molecular weight excluding hydrogens is 343 g/mol. The van der Waals surface area contributed by atoms with Gasteiger partial charge in [0.25, 0.3) is 11.8 Å². The average molecular weight is 357 g/mol. The van der Waals surface area contributed by atoms with E-state index in [9.17, 15) is 22.8 Å². The third kappa shape index (κ3) is 1.95. The van der Waals surface area contributed by atoms with Gasteiger partial charge in [-0.25, -0.2) is 0 Å². The molecule has 3 nitrogen and oxygen atoms in total. The van der Waals surface area contributed by atoms with Gasteiger partial charge in [-0.2, -0.15) is 13.2 Å². The summed E-state index contributed by atoms with van der Waals surface area (Å²) in [7, 11) is 0. The number of rotatable bonds is 1. The molecule has 26 heavy (non-hydrogen) atoms. The zero-order valence-electron chi connectivity index (χ0n) is 13.6. The fraction of sp³-hybridized carbons (Fsp3) is 0.300. The Balaban J connectivity index is 1.54. The van der Waals surface area contributed by atoms with Gasteiger partial charge in [0.15, 0.2) is 0 Å². The third-order valence-electron chi connectivity index (χ3n) is 5.94. The summed E-state index contributed by atoms with van der Waals surface area (Å²) in [6, 6.07) is 10.2. The van der Waals surface area contributed by atoms with E-state index < -0.39 is 11.7 Å². The van der Waals surface area contributed by atoms with E-state index in [1.54, 1.807) is 30.3 Å². The fourth-order valence-corrected chi connectivity index (χ4v) is 4.84. The number of alkyl halides is 3. The van der Waals surface area contributed by atoms with Crippen molar-refractivity contribution < 1.29 is 22.8 Å². The normalized spacial score (nSPS) is 26.4. The van der Waals surface area contributed by atoms with Gasteiger partial charge in [-0.05, 0) is 54.2 Å². The Hall–Kier alpha value is -2.63. The number of imide groups is 1. The number of carbonyl (C=O) groups is 2. The molecule has 5 rings (SSSR count). The van der Waals surface area contributed by atoms with E-state index >= 15 is 0 Å². The molecule has 2 bridgehead atoms. The van der Waals surface area contributed by atoms with Crippen molar-refractivity contribution in [2.45, 2.75) is 36.9 Å². The highest BCUT2D eigenvalue weighted by molar-refractivity contribution is 6.21. The van der Waals surface area contributed by atoms with E-state index in [-0.39, 0.29) is 29.7 Å². The Morgan fingerprint density at radius 1 is 0.885 bits per heavy atom. The number of halogens is 3. The second-order valence-corrected chi connectivity index (χ2v) is 7.21. The Labute approximate surface area is 147 Å². The van der Waals surface area contributed by atoms with Crippen LogP contribution in [-0.4, -0.2) is 22.8 Å².